The van der Waals surface area contributed by atoms with Crippen molar-refractivity contribution in [1.82, 2.24) is 0 Å². The summed E-state index contributed by atoms with van der Waals surface area (Å²) >= 11 is 0. The molecule has 0 saturated carbocycles. The summed E-state index contributed by atoms with van der Waals surface area (Å²) in [6, 6.07) is 9.79. The highest BCUT2D eigenvalue weighted by Gasteiger charge is 2.15. The maximum atomic E-state index is 10.1. The summed E-state index contributed by atoms with van der Waals surface area (Å²) in [6.45, 7) is 3.96. The van der Waals surface area contributed by atoms with Gasteiger partial charge in [0.1, 0.15) is 0 Å². The molecule has 0 bridgehead atoms. The molecular weight excluding hydrogens is 336 g/mol. The normalized spacial score (nSPS) is 11.0. The molecule has 0 fully saturated rings. The van der Waals surface area contributed by atoms with Gasteiger partial charge in [0.25, 0.3) is 0 Å². The van der Waals surface area contributed by atoms with E-state index in [1.165, 1.54) is 63.4 Å². The van der Waals surface area contributed by atoms with Gasteiger partial charge < -0.3 is 15.3 Å². The average molecular weight is 371 g/mol. The van der Waals surface area contributed by atoms with Crippen molar-refractivity contribution in [3.05, 3.63) is 41.5 Å². The highest BCUT2D eigenvalue weighted by molar-refractivity contribution is 5.76. The van der Waals surface area contributed by atoms with E-state index in [4.69, 9.17) is 0 Å². The fourth-order valence-electron chi connectivity index (χ4n) is 3.49. The average Bonchev–Trinajstić information content (AvgIpc) is 2.68. The summed E-state index contributed by atoms with van der Waals surface area (Å²) in [7, 11) is 0. The van der Waals surface area contributed by atoms with E-state index in [9.17, 15) is 15.3 Å². The Morgan fingerprint density at radius 2 is 1.22 bits per heavy atom. The molecule has 148 valence electrons. The Hall–Kier alpha value is -2.16. The molecule has 0 aromatic heterocycles. The van der Waals surface area contributed by atoms with Gasteiger partial charge in [-0.1, -0.05) is 82.6 Å². The maximum absolute atomic E-state index is 10.1. The van der Waals surface area contributed by atoms with Crippen molar-refractivity contribution in [1.29, 1.82) is 0 Å². The molecule has 0 heterocycles. The van der Waals surface area contributed by atoms with Gasteiger partial charge in [0.2, 0.25) is 5.75 Å². The SMILES string of the molecule is CCCCCCCCCCCc1ccc(-c2cc(C)c(O)c(O)c2O)cc1. The van der Waals surface area contributed by atoms with E-state index in [1.807, 2.05) is 12.1 Å². The molecule has 3 N–H and O–H groups in total. The fourth-order valence-corrected chi connectivity index (χ4v) is 3.49. The molecule has 0 radical (unpaired) electrons. The Balaban J connectivity index is 1.79. The van der Waals surface area contributed by atoms with Crippen molar-refractivity contribution in [3.63, 3.8) is 0 Å². The van der Waals surface area contributed by atoms with Crippen LogP contribution in [0, 0.1) is 6.92 Å². The Morgan fingerprint density at radius 3 is 1.81 bits per heavy atom. The van der Waals surface area contributed by atoms with E-state index in [-0.39, 0.29) is 11.5 Å². The molecule has 0 aliphatic heterocycles. The summed E-state index contributed by atoms with van der Waals surface area (Å²) in [6.07, 6.45) is 13.1. The van der Waals surface area contributed by atoms with Crippen molar-refractivity contribution in [2.75, 3.05) is 0 Å². The summed E-state index contributed by atoms with van der Waals surface area (Å²) in [5.41, 5.74) is 3.21. The first kappa shape index (κ1) is 21.1. The first-order valence-electron chi connectivity index (χ1n) is 10.4. The van der Waals surface area contributed by atoms with Crippen LogP contribution in [0.2, 0.25) is 0 Å². The molecular formula is C24H34O3. The minimum absolute atomic E-state index is 0.266. The van der Waals surface area contributed by atoms with Crippen LogP contribution in [-0.2, 0) is 6.42 Å². The van der Waals surface area contributed by atoms with Gasteiger partial charge in [-0.3, -0.25) is 0 Å². The second-order valence-electron chi connectivity index (χ2n) is 7.56. The molecule has 0 atom stereocenters. The van der Waals surface area contributed by atoms with Crippen LogP contribution in [0.1, 0.15) is 75.8 Å². The number of aryl methyl sites for hydroxylation is 2. The Morgan fingerprint density at radius 1 is 0.667 bits per heavy atom. The molecule has 0 aliphatic rings. The van der Waals surface area contributed by atoms with Crippen molar-refractivity contribution in [2.45, 2.75) is 78.1 Å². The lowest BCUT2D eigenvalue weighted by Gasteiger charge is -2.11. The number of aromatic hydroxyl groups is 3. The zero-order chi connectivity index (χ0) is 19.6. The third kappa shape index (κ3) is 6.20. The van der Waals surface area contributed by atoms with Gasteiger partial charge in [-0.05, 0) is 42.5 Å². The van der Waals surface area contributed by atoms with Crippen molar-refractivity contribution in [2.24, 2.45) is 0 Å². The lowest BCUT2D eigenvalue weighted by Crippen LogP contribution is -1.88. The van der Waals surface area contributed by atoms with E-state index in [0.717, 1.165) is 12.0 Å². The van der Waals surface area contributed by atoms with Gasteiger partial charge in [0.15, 0.2) is 11.5 Å². The van der Waals surface area contributed by atoms with E-state index in [0.29, 0.717) is 11.1 Å². The first-order chi connectivity index (χ1) is 13.0. The van der Waals surface area contributed by atoms with E-state index in [2.05, 4.69) is 19.1 Å². The fraction of sp³-hybridized carbons (Fsp3) is 0.500. The Kier molecular flexibility index (Phi) is 8.50. The van der Waals surface area contributed by atoms with Gasteiger partial charge in [-0.2, -0.15) is 0 Å². The zero-order valence-electron chi connectivity index (χ0n) is 16.8. The number of benzene rings is 2. The zero-order valence-corrected chi connectivity index (χ0v) is 16.8. The second-order valence-corrected chi connectivity index (χ2v) is 7.56. The number of phenols is 3. The number of rotatable bonds is 11. The molecule has 2 aromatic rings. The summed E-state index contributed by atoms with van der Waals surface area (Å²) < 4.78 is 0. The molecule has 3 nitrogen and oxygen atoms in total. The van der Waals surface area contributed by atoms with Crippen molar-refractivity contribution in [3.8, 4) is 28.4 Å². The highest BCUT2D eigenvalue weighted by atomic mass is 16.3. The smallest absolute Gasteiger partial charge is 0.201 e. The van der Waals surface area contributed by atoms with Crippen LogP contribution < -0.4 is 0 Å². The van der Waals surface area contributed by atoms with Gasteiger partial charge in [0.05, 0.1) is 0 Å². The topological polar surface area (TPSA) is 60.7 Å². The van der Waals surface area contributed by atoms with E-state index >= 15 is 0 Å². The van der Waals surface area contributed by atoms with Gasteiger partial charge in [-0.15, -0.1) is 0 Å². The van der Waals surface area contributed by atoms with Crippen LogP contribution >= 0.6 is 0 Å². The summed E-state index contributed by atoms with van der Waals surface area (Å²) in [4.78, 5) is 0. The van der Waals surface area contributed by atoms with Crippen LogP contribution in [0.5, 0.6) is 17.2 Å². The Labute approximate surface area is 163 Å². The minimum atomic E-state index is -0.455. The lowest BCUT2D eigenvalue weighted by molar-refractivity contribution is 0.367. The third-order valence-electron chi connectivity index (χ3n) is 5.27. The molecule has 0 aliphatic carbocycles. The molecule has 0 unspecified atom stereocenters. The quantitative estimate of drug-likeness (QED) is 0.299. The number of hydrogen-bond acceptors (Lipinski definition) is 3. The van der Waals surface area contributed by atoms with Crippen LogP contribution in [-0.4, -0.2) is 15.3 Å². The van der Waals surface area contributed by atoms with Gasteiger partial charge in [0, 0.05) is 5.56 Å². The monoisotopic (exact) mass is 370 g/mol. The molecule has 0 amide bonds. The molecule has 0 saturated heterocycles. The molecule has 0 spiro atoms. The van der Waals surface area contributed by atoms with Crippen LogP contribution in [0.25, 0.3) is 11.1 Å². The second kappa shape index (κ2) is 10.9. The molecule has 2 aromatic carbocycles. The third-order valence-corrected chi connectivity index (χ3v) is 5.27. The summed E-state index contributed by atoms with van der Waals surface area (Å²) in [5, 5.41) is 29.6. The minimum Gasteiger partial charge on any atom is -0.504 e. The van der Waals surface area contributed by atoms with Gasteiger partial charge in [-0.25, -0.2) is 0 Å². The summed E-state index contributed by atoms with van der Waals surface area (Å²) in [5.74, 6) is -0.994. The van der Waals surface area contributed by atoms with Crippen molar-refractivity contribution >= 4 is 0 Å². The lowest BCUT2D eigenvalue weighted by atomic mass is 9.98. The number of hydrogen-bond donors (Lipinski definition) is 3. The standard InChI is InChI=1S/C24H34O3/c1-3-4-5-6-7-8-9-10-11-12-19-13-15-20(16-14-19)21-17-18(2)22(25)24(27)23(21)26/h13-17,25-27H,3-12H2,1-2H3. The number of phenolic OH excluding ortho intramolecular Hbond substituents is 3. The molecule has 27 heavy (non-hydrogen) atoms. The molecule has 2 rings (SSSR count). The van der Waals surface area contributed by atoms with Crippen LogP contribution in [0.4, 0.5) is 0 Å². The van der Waals surface area contributed by atoms with E-state index < -0.39 is 5.75 Å². The van der Waals surface area contributed by atoms with Crippen LogP contribution in [0.15, 0.2) is 30.3 Å². The molecule has 3 heteroatoms. The number of unbranched alkanes of at least 4 members (excludes halogenated alkanes) is 8. The van der Waals surface area contributed by atoms with E-state index in [1.54, 1.807) is 13.0 Å². The highest BCUT2D eigenvalue weighted by Crippen LogP contribution is 2.44. The van der Waals surface area contributed by atoms with Crippen molar-refractivity contribution < 1.29 is 15.3 Å². The predicted molar refractivity (Wildman–Crippen MR) is 113 cm³/mol. The largest absolute Gasteiger partial charge is 0.504 e. The first-order valence-corrected chi connectivity index (χ1v) is 10.4. The predicted octanol–water partition coefficient (Wildman–Crippen LogP) is 6.85. The Bertz CT molecular complexity index is 705. The van der Waals surface area contributed by atoms with Gasteiger partial charge >= 0.3 is 0 Å². The van der Waals surface area contributed by atoms with Crippen LogP contribution in [0.3, 0.4) is 0 Å². The maximum Gasteiger partial charge on any atom is 0.201 e.